The van der Waals surface area contributed by atoms with Crippen LogP contribution in [0.5, 0.6) is 0 Å². The molecule has 4 nitrogen and oxygen atoms in total. The van der Waals surface area contributed by atoms with Crippen LogP contribution in [0.2, 0.25) is 5.02 Å². The van der Waals surface area contributed by atoms with Gasteiger partial charge in [-0.1, -0.05) is 53.2 Å². The van der Waals surface area contributed by atoms with E-state index >= 15 is 0 Å². The Labute approximate surface area is 182 Å². The number of benzene rings is 2. The summed E-state index contributed by atoms with van der Waals surface area (Å²) >= 11 is 7.63. The molecule has 2 atom stereocenters. The molecule has 0 aliphatic carbocycles. The van der Waals surface area contributed by atoms with E-state index in [2.05, 4.69) is 4.99 Å². The lowest BCUT2D eigenvalue weighted by molar-refractivity contribution is -0.137. The van der Waals surface area contributed by atoms with Crippen LogP contribution in [0.3, 0.4) is 0 Å². The minimum absolute atomic E-state index is 0.112. The van der Waals surface area contributed by atoms with E-state index in [1.165, 1.54) is 17.8 Å². The normalized spacial score (nSPS) is 22.8. The SMILES string of the molecule is Cc1ccc(CSC2=NC3CS(=O)(=O)CC3N2c2cc(C(F)(F)F)ccc2Cl)cc1. The third-order valence-electron chi connectivity index (χ3n) is 5.13. The van der Waals surface area contributed by atoms with E-state index in [-0.39, 0.29) is 22.2 Å². The second-order valence-electron chi connectivity index (χ2n) is 7.43. The summed E-state index contributed by atoms with van der Waals surface area (Å²) in [5.74, 6) is 0.278. The second-order valence-corrected chi connectivity index (χ2v) is 10.9. The maximum absolute atomic E-state index is 13.3. The van der Waals surface area contributed by atoms with Crippen molar-refractivity contribution in [3.8, 4) is 0 Å². The molecule has 2 aromatic rings. The predicted octanol–water partition coefficient (Wildman–Crippen LogP) is 4.94. The van der Waals surface area contributed by atoms with Gasteiger partial charge in [0.1, 0.15) is 0 Å². The maximum atomic E-state index is 13.3. The Morgan fingerprint density at radius 1 is 1.17 bits per heavy atom. The highest BCUT2D eigenvalue weighted by atomic mass is 35.5. The van der Waals surface area contributed by atoms with Gasteiger partial charge in [-0.05, 0) is 30.7 Å². The molecule has 0 bridgehead atoms. The van der Waals surface area contributed by atoms with Gasteiger partial charge in [-0.2, -0.15) is 13.2 Å². The van der Waals surface area contributed by atoms with Crippen molar-refractivity contribution in [3.05, 3.63) is 64.2 Å². The van der Waals surface area contributed by atoms with Crippen molar-refractivity contribution in [2.75, 3.05) is 16.4 Å². The molecule has 2 unspecified atom stereocenters. The molecule has 0 saturated carbocycles. The summed E-state index contributed by atoms with van der Waals surface area (Å²) in [4.78, 5) is 6.13. The standard InChI is InChI=1S/C20H18ClF3N2O2S2/c1-12-2-4-13(5-3-12)9-29-19-25-16-10-30(27,28)11-18(16)26(19)17-8-14(20(22,23)24)6-7-15(17)21/h2-8,16,18H,9-11H2,1H3. The Morgan fingerprint density at radius 2 is 1.87 bits per heavy atom. The van der Waals surface area contributed by atoms with Crippen LogP contribution < -0.4 is 4.90 Å². The van der Waals surface area contributed by atoms with Gasteiger partial charge < -0.3 is 4.90 Å². The Kier molecular flexibility index (Phi) is 5.57. The second kappa shape index (κ2) is 7.76. The predicted molar refractivity (Wildman–Crippen MR) is 115 cm³/mol. The van der Waals surface area contributed by atoms with E-state index in [0.29, 0.717) is 10.9 Å². The number of rotatable bonds is 3. The number of amidine groups is 1. The highest BCUT2D eigenvalue weighted by molar-refractivity contribution is 8.13. The third kappa shape index (κ3) is 4.33. The van der Waals surface area contributed by atoms with Crippen molar-refractivity contribution in [3.63, 3.8) is 0 Å². The van der Waals surface area contributed by atoms with E-state index in [1.54, 1.807) is 4.90 Å². The molecule has 0 N–H and O–H groups in total. The van der Waals surface area contributed by atoms with Crippen molar-refractivity contribution in [1.82, 2.24) is 0 Å². The number of sulfone groups is 1. The first-order valence-corrected chi connectivity index (χ1v) is 12.3. The summed E-state index contributed by atoms with van der Waals surface area (Å²) in [6, 6.07) is 9.93. The van der Waals surface area contributed by atoms with Crippen LogP contribution in [0, 0.1) is 6.92 Å². The summed E-state index contributed by atoms with van der Waals surface area (Å²) in [7, 11) is -3.32. The first kappa shape index (κ1) is 21.5. The van der Waals surface area contributed by atoms with Gasteiger partial charge in [0.15, 0.2) is 15.0 Å². The molecule has 1 saturated heterocycles. The smallest absolute Gasteiger partial charge is 0.313 e. The molecular weight excluding hydrogens is 457 g/mol. The number of aliphatic imine (C=N–C) groups is 1. The topological polar surface area (TPSA) is 49.7 Å². The first-order valence-electron chi connectivity index (χ1n) is 9.16. The summed E-state index contributed by atoms with van der Waals surface area (Å²) in [6.45, 7) is 1.98. The van der Waals surface area contributed by atoms with Crippen molar-refractivity contribution in [2.24, 2.45) is 4.99 Å². The van der Waals surface area contributed by atoms with Crippen LogP contribution in [-0.2, 0) is 21.8 Å². The third-order valence-corrected chi connectivity index (χ3v) is 8.19. The molecule has 0 aromatic heterocycles. The lowest BCUT2D eigenvalue weighted by atomic mass is 10.1. The number of anilines is 1. The molecule has 0 radical (unpaired) electrons. The fraction of sp³-hybridized carbons (Fsp3) is 0.350. The van der Waals surface area contributed by atoms with Gasteiger partial charge in [0.25, 0.3) is 0 Å². The molecule has 2 heterocycles. The molecule has 160 valence electrons. The molecule has 2 aliphatic rings. The fourth-order valence-corrected chi connectivity index (χ4v) is 6.74. The van der Waals surface area contributed by atoms with Gasteiger partial charge in [-0.3, -0.25) is 4.99 Å². The lowest BCUT2D eigenvalue weighted by Gasteiger charge is -2.28. The zero-order valence-electron chi connectivity index (χ0n) is 15.9. The van der Waals surface area contributed by atoms with Gasteiger partial charge in [-0.15, -0.1) is 0 Å². The van der Waals surface area contributed by atoms with Gasteiger partial charge >= 0.3 is 6.18 Å². The van der Waals surface area contributed by atoms with Crippen LogP contribution in [-0.4, -0.2) is 37.2 Å². The monoisotopic (exact) mass is 474 g/mol. The van der Waals surface area contributed by atoms with E-state index in [1.807, 2.05) is 31.2 Å². The fourth-order valence-electron chi connectivity index (χ4n) is 3.62. The number of halogens is 4. The summed E-state index contributed by atoms with van der Waals surface area (Å²) in [5, 5.41) is 0.610. The van der Waals surface area contributed by atoms with Gasteiger partial charge in [0, 0.05) is 5.75 Å². The molecule has 2 aromatic carbocycles. The zero-order chi connectivity index (χ0) is 21.7. The molecular formula is C20H18ClF3N2O2S2. The number of aryl methyl sites for hydroxylation is 1. The average molecular weight is 475 g/mol. The molecule has 30 heavy (non-hydrogen) atoms. The number of nitrogens with zero attached hydrogens (tertiary/aromatic N) is 2. The lowest BCUT2D eigenvalue weighted by Crippen LogP contribution is -2.39. The molecule has 0 amide bonds. The first-order chi connectivity index (χ1) is 14.0. The van der Waals surface area contributed by atoms with E-state index in [4.69, 9.17) is 11.6 Å². The molecule has 2 aliphatic heterocycles. The summed E-state index contributed by atoms with van der Waals surface area (Å²) in [5.41, 5.74) is 1.45. The van der Waals surface area contributed by atoms with Crippen molar-refractivity contribution < 1.29 is 21.6 Å². The minimum atomic E-state index is -4.54. The summed E-state index contributed by atoms with van der Waals surface area (Å²) < 4.78 is 64.1. The van der Waals surface area contributed by atoms with Crippen LogP contribution in [0.1, 0.15) is 16.7 Å². The maximum Gasteiger partial charge on any atom is 0.416 e. The number of thioether (sulfide) groups is 1. The highest BCUT2D eigenvalue weighted by Gasteiger charge is 2.48. The van der Waals surface area contributed by atoms with E-state index in [9.17, 15) is 21.6 Å². The zero-order valence-corrected chi connectivity index (χ0v) is 18.2. The number of hydrogen-bond donors (Lipinski definition) is 0. The molecule has 10 heteroatoms. The number of alkyl halides is 3. The molecule has 0 spiro atoms. The number of fused-ring (bicyclic) bond motifs is 1. The van der Waals surface area contributed by atoms with Crippen molar-refractivity contribution >= 4 is 44.1 Å². The quantitative estimate of drug-likeness (QED) is 0.632. The van der Waals surface area contributed by atoms with Gasteiger partial charge in [0.2, 0.25) is 0 Å². The highest BCUT2D eigenvalue weighted by Crippen LogP contribution is 2.41. The van der Waals surface area contributed by atoms with Crippen LogP contribution >= 0.6 is 23.4 Å². The Balaban J connectivity index is 1.69. The Hall–Kier alpha value is -1.71. The van der Waals surface area contributed by atoms with Gasteiger partial charge in [0.05, 0.1) is 39.9 Å². The Bertz CT molecular complexity index is 1100. The Morgan fingerprint density at radius 3 is 2.53 bits per heavy atom. The summed E-state index contributed by atoms with van der Waals surface area (Å²) in [6.07, 6.45) is -4.54. The van der Waals surface area contributed by atoms with Crippen LogP contribution in [0.25, 0.3) is 0 Å². The average Bonchev–Trinajstić information content (AvgIpc) is 3.12. The van der Waals surface area contributed by atoms with Crippen LogP contribution in [0.15, 0.2) is 47.5 Å². The van der Waals surface area contributed by atoms with Gasteiger partial charge in [-0.25, -0.2) is 8.42 Å². The minimum Gasteiger partial charge on any atom is -0.313 e. The van der Waals surface area contributed by atoms with E-state index < -0.39 is 33.7 Å². The number of hydrogen-bond acceptors (Lipinski definition) is 5. The van der Waals surface area contributed by atoms with Crippen molar-refractivity contribution in [1.29, 1.82) is 0 Å². The van der Waals surface area contributed by atoms with E-state index in [0.717, 1.165) is 23.3 Å². The largest absolute Gasteiger partial charge is 0.416 e. The molecule has 4 rings (SSSR count). The van der Waals surface area contributed by atoms with Crippen molar-refractivity contribution in [2.45, 2.75) is 30.9 Å². The van der Waals surface area contributed by atoms with Crippen LogP contribution in [0.4, 0.5) is 18.9 Å². The molecule has 1 fully saturated rings.